The van der Waals surface area contributed by atoms with Crippen LogP contribution in [-0.4, -0.2) is 24.7 Å². The van der Waals surface area contributed by atoms with Crippen molar-refractivity contribution in [1.29, 1.82) is 0 Å². The van der Waals surface area contributed by atoms with Gasteiger partial charge in [0.05, 0.1) is 0 Å². The Kier molecular flexibility index (Phi) is 4.85. The quantitative estimate of drug-likeness (QED) is 0.467. The van der Waals surface area contributed by atoms with Gasteiger partial charge in [-0.1, -0.05) is 25.1 Å². The lowest BCUT2D eigenvalue weighted by Gasteiger charge is -2.07. The summed E-state index contributed by atoms with van der Waals surface area (Å²) in [4.78, 5) is 10.3. The Morgan fingerprint density at radius 3 is 2.77 bits per heavy atom. The van der Waals surface area contributed by atoms with Crippen molar-refractivity contribution in [2.75, 3.05) is 0 Å². The molecule has 3 heterocycles. The van der Waals surface area contributed by atoms with E-state index in [1.165, 1.54) is 11.8 Å². The van der Waals surface area contributed by atoms with E-state index in [2.05, 4.69) is 33.2 Å². The van der Waals surface area contributed by atoms with Gasteiger partial charge in [0.25, 0.3) is 0 Å². The summed E-state index contributed by atoms with van der Waals surface area (Å²) in [5.41, 5.74) is 0. The molecule has 26 heavy (non-hydrogen) atoms. The van der Waals surface area contributed by atoms with E-state index in [0.29, 0.717) is 6.61 Å². The third-order valence-electron chi connectivity index (χ3n) is 3.88. The van der Waals surface area contributed by atoms with Crippen LogP contribution in [-0.2, 0) is 20.1 Å². The standard InChI is InChI=1S/C18H17N5OS2/c1-3-14-19-16-13(9-10-25-16)17(20-14)26-18-22-21-15(23(18)2)11-24-12-7-5-4-6-8-12/h4-10H,3,11H2,1-2H3. The number of ether oxygens (including phenoxy) is 1. The normalized spacial score (nSPS) is 11.2. The fourth-order valence-electron chi connectivity index (χ4n) is 2.42. The number of nitrogens with zero attached hydrogens (tertiary/aromatic N) is 5. The van der Waals surface area contributed by atoms with Gasteiger partial charge in [0, 0.05) is 18.9 Å². The molecular formula is C18H17N5OS2. The van der Waals surface area contributed by atoms with E-state index < -0.39 is 0 Å². The highest BCUT2D eigenvalue weighted by Gasteiger charge is 2.15. The molecule has 0 fully saturated rings. The average molecular weight is 384 g/mol. The van der Waals surface area contributed by atoms with Crippen molar-refractivity contribution >= 4 is 33.3 Å². The Balaban J connectivity index is 1.56. The van der Waals surface area contributed by atoms with Crippen LogP contribution < -0.4 is 4.74 Å². The van der Waals surface area contributed by atoms with Crippen LogP contribution in [0.3, 0.4) is 0 Å². The van der Waals surface area contributed by atoms with Gasteiger partial charge in [0.15, 0.2) is 11.0 Å². The summed E-state index contributed by atoms with van der Waals surface area (Å²) in [6.45, 7) is 2.43. The molecule has 0 aliphatic carbocycles. The molecule has 1 aromatic carbocycles. The van der Waals surface area contributed by atoms with Crippen molar-refractivity contribution in [3.8, 4) is 5.75 Å². The zero-order valence-corrected chi connectivity index (χ0v) is 16.0. The summed E-state index contributed by atoms with van der Waals surface area (Å²) in [6.07, 6.45) is 0.802. The van der Waals surface area contributed by atoms with Gasteiger partial charge in [-0.3, -0.25) is 0 Å². The fraction of sp³-hybridized carbons (Fsp3) is 0.222. The van der Waals surface area contributed by atoms with E-state index >= 15 is 0 Å². The predicted octanol–water partition coefficient (Wildman–Crippen LogP) is 4.11. The summed E-state index contributed by atoms with van der Waals surface area (Å²) in [5.74, 6) is 2.42. The molecule has 132 valence electrons. The Morgan fingerprint density at radius 1 is 1.12 bits per heavy atom. The summed E-state index contributed by atoms with van der Waals surface area (Å²) >= 11 is 3.14. The number of rotatable bonds is 6. The molecule has 0 saturated carbocycles. The number of hydrogen-bond acceptors (Lipinski definition) is 7. The van der Waals surface area contributed by atoms with Crippen molar-refractivity contribution in [1.82, 2.24) is 24.7 Å². The summed E-state index contributed by atoms with van der Waals surface area (Å²) < 4.78 is 7.72. The molecular weight excluding hydrogens is 366 g/mol. The lowest BCUT2D eigenvalue weighted by molar-refractivity contribution is 0.290. The Bertz CT molecular complexity index is 1030. The molecule has 3 aromatic heterocycles. The molecule has 0 atom stereocenters. The molecule has 0 saturated heterocycles. The van der Waals surface area contributed by atoms with E-state index in [4.69, 9.17) is 4.74 Å². The second-order valence-electron chi connectivity index (χ2n) is 5.60. The number of aromatic nitrogens is 5. The number of thiophene rings is 1. The zero-order chi connectivity index (χ0) is 17.9. The van der Waals surface area contributed by atoms with Crippen molar-refractivity contribution < 1.29 is 4.74 Å². The minimum atomic E-state index is 0.367. The van der Waals surface area contributed by atoms with E-state index in [1.807, 2.05) is 47.3 Å². The van der Waals surface area contributed by atoms with Crippen molar-refractivity contribution in [3.63, 3.8) is 0 Å². The lowest BCUT2D eigenvalue weighted by atomic mass is 10.3. The van der Waals surface area contributed by atoms with E-state index in [1.54, 1.807) is 11.3 Å². The highest BCUT2D eigenvalue weighted by molar-refractivity contribution is 7.99. The van der Waals surface area contributed by atoms with Crippen molar-refractivity contribution in [2.45, 2.75) is 30.1 Å². The fourth-order valence-corrected chi connectivity index (χ4v) is 4.19. The topological polar surface area (TPSA) is 65.7 Å². The summed E-state index contributed by atoms with van der Waals surface area (Å²) in [5, 5.41) is 13.4. The minimum absolute atomic E-state index is 0.367. The second kappa shape index (κ2) is 7.43. The molecule has 6 nitrogen and oxygen atoms in total. The molecule has 0 aliphatic rings. The third-order valence-corrected chi connectivity index (χ3v) is 5.73. The first-order chi connectivity index (χ1) is 12.7. The maximum Gasteiger partial charge on any atom is 0.197 e. The van der Waals surface area contributed by atoms with Gasteiger partial charge in [-0.15, -0.1) is 21.5 Å². The monoisotopic (exact) mass is 383 g/mol. The van der Waals surface area contributed by atoms with Crippen LogP contribution in [0.4, 0.5) is 0 Å². The lowest BCUT2D eigenvalue weighted by Crippen LogP contribution is -2.04. The van der Waals surface area contributed by atoms with Crippen LogP contribution in [0.1, 0.15) is 18.6 Å². The molecule has 0 aliphatic heterocycles. The van der Waals surface area contributed by atoms with Gasteiger partial charge in [-0.25, -0.2) is 9.97 Å². The van der Waals surface area contributed by atoms with E-state index in [0.717, 1.165) is 44.2 Å². The number of hydrogen-bond donors (Lipinski definition) is 0. The van der Waals surface area contributed by atoms with Gasteiger partial charge in [-0.2, -0.15) is 0 Å². The SMILES string of the molecule is CCc1nc(Sc2nnc(COc3ccccc3)n2C)c2ccsc2n1. The van der Waals surface area contributed by atoms with Gasteiger partial charge in [0.1, 0.15) is 28.0 Å². The highest BCUT2D eigenvalue weighted by Crippen LogP contribution is 2.32. The summed E-state index contributed by atoms with van der Waals surface area (Å²) in [7, 11) is 1.94. The van der Waals surface area contributed by atoms with Gasteiger partial charge in [-0.05, 0) is 35.3 Å². The van der Waals surface area contributed by atoms with E-state index in [9.17, 15) is 0 Å². The molecule has 4 rings (SSSR count). The number of para-hydroxylation sites is 1. The molecule has 4 aromatic rings. The molecule has 8 heteroatoms. The van der Waals surface area contributed by atoms with Crippen molar-refractivity contribution in [3.05, 3.63) is 53.4 Å². The predicted molar refractivity (Wildman–Crippen MR) is 103 cm³/mol. The Labute approximate surface area is 159 Å². The maximum atomic E-state index is 5.77. The third kappa shape index (κ3) is 3.42. The largest absolute Gasteiger partial charge is 0.486 e. The van der Waals surface area contributed by atoms with Crippen LogP contribution in [0.25, 0.3) is 10.2 Å². The zero-order valence-electron chi connectivity index (χ0n) is 14.4. The number of fused-ring (bicyclic) bond motifs is 1. The number of aryl methyl sites for hydroxylation is 1. The first-order valence-corrected chi connectivity index (χ1v) is 9.92. The number of benzene rings is 1. The van der Waals surface area contributed by atoms with Crippen LogP contribution in [0.5, 0.6) is 5.75 Å². The van der Waals surface area contributed by atoms with Gasteiger partial charge < -0.3 is 9.30 Å². The van der Waals surface area contributed by atoms with E-state index in [-0.39, 0.29) is 0 Å². The van der Waals surface area contributed by atoms with Gasteiger partial charge in [0.2, 0.25) is 0 Å². The maximum absolute atomic E-state index is 5.77. The van der Waals surface area contributed by atoms with Crippen LogP contribution in [0.15, 0.2) is 52.0 Å². The second-order valence-corrected chi connectivity index (χ2v) is 7.45. The minimum Gasteiger partial charge on any atom is -0.486 e. The molecule has 0 radical (unpaired) electrons. The first kappa shape index (κ1) is 17.0. The van der Waals surface area contributed by atoms with Crippen LogP contribution >= 0.6 is 23.1 Å². The van der Waals surface area contributed by atoms with Crippen LogP contribution in [0.2, 0.25) is 0 Å². The molecule has 0 bridgehead atoms. The molecule has 0 N–H and O–H groups in total. The average Bonchev–Trinajstić information content (AvgIpc) is 3.28. The van der Waals surface area contributed by atoms with Crippen molar-refractivity contribution in [2.24, 2.45) is 7.05 Å². The summed E-state index contributed by atoms with van der Waals surface area (Å²) in [6, 6.07) is 11.7. The van der Waals surface area contributed by atoms with Crippen LogP contribution in [0, 0.1) is 0 Å². The first-order valence-electron chi connectivity index (χ1n) is 8.22. The molecule has 0 amide bonds. The Hall–Kier alpha value is -2.45. The molecule has 0 spiro atoms. The Morgan fingerprint density at radius 2 is 1.96 bits per heavy atom. The van der Waals surface area contributed by atoms with Gasteiger partial charge >= 0.3 is 0 Å². The molecule has 0 unspecified atom stereocenters. The highest BCUT2D eigenvalue weighted by atomic mass is 32.2. The smallest absolute Gasteiger partial charge is 0.197 e.